The highest BCUT2D eigenvalue weighted by atomic mass is 35.5. The van der Waals surface area contributed by atoms with Crippen LogP contribution in [-0.2, 0) is 14.3 Å². The molecule has 2 atom stereocenters. The molecular formula is C21H28ClNO3S. The molecule has 148 valence electrons. The van der Waals surface area contributed by atoms with E-state index in [2.05, 4.69) is 6.92 Å². The van der Waals surface area contributed by atoms with Crippen LogP contribution in [0.25, 0.3) is 0 Å². The van der Waals surface area contributed by atoms with Crippen LogP contribution in [0.4, 0.5) is 0 Å². The number of benzene rings is 1. The third-order valence-electron chi connectivity index (χ3n) is 5.39. The van der Waals surface area contributed by atoms with Crippen molar-refractivity contribution >= 4 is 35.2 Å². The smallest absolute Gasteiger partial charge is 0.329 e. The molecule has 0 spiro atoms. The summed E-state index contributed by atoms with van der Waals surface area (Å²) in [5.74, 6) is 0.365. The van der Waals surface area contributed by atoms with E-state index in [1.54, 1.807) is 16.7 Å². The molecule has 0 aromatic heterocycles. The molecule has 1 heterocycles. The molecule has 1 aliphatic carbocycles. The van der Waals surface area contributed by atoms with E-state index in [0.717, 1.165) is 44.1 Å². The molecule has 0 N–H and O–H groups in total. The molecule has 1 amide bonds. The summed E-state index contributed by atoms with van der Waals surface area (Å²) in [6.45, 7) is 2.48. The van der Waals surface area contributed by atoms with Crippen molar-refractivity contribution in [3.8, 4) is 0 Å². The number of carbonyl (C=O) groups is 2. The molecule has 1 aromatic carbocycles. The van der Waals surface area contributed by atoms with Gasteiger partial charge in [0.05, 0.1) is 6.61 Å². The first kappa shape index (κ1) is 20.5. The van der Waals surface area contributed by atoms with Gasteiger partial charge in [0.15, 0.2) is 0 Å². The SMILES string of the molecule is CCCCOC(=O)[C@H]1CS[C@@H](c2ccccc2Cl)N1C(=O)C1CCCCC1. The van der Waals surface area contributed by atoms with Crippen LogP contribution in [0.15, 0.2) is 24.3 Å². The summed E-state index contributed by atoms with van der Waals surface area (Å²) in [7, 11) is 0. The quantitative estimate of drug-likeness (QED) is 0.478. The number of esters is 1. The third kappa shape index (κ3) is 4.80. The van der Waals surface area contributed by atoms with Crippen molar-refractivity contribution in [3.05, 3.63) is 34.9 Å². The lowest BCUT2D eigenvalue weighted by Gasteiger charge is -2.33. The second kappa shape index (κ2) is 9.83. The Hall–Kier alpha value is -1.20. The van der Waals surface area contributed by atoms with E-state index in [4.69, 9.17) is 16.3 Å². The van der Waals surface area contributed by atoms with E-state index in [1.807, 2.05) is 24.3 Å². The summed E-state index contributed by atoms with van der Waals surface area (Å²) in [5, 5.41) is 0.410. The third-order valence-corrected chi connectivity index (χ3v) is 7.04. The van der Waals surface area contributed by atoms with Crippen molar-refractivity contribution < 1.29 is 14.3 Å². The summed E-state index contributed by atoms with van der Waals surface area (Å²) < 4.78 is 5.47. The van der Waals surface area contributed by atoms with Crippen molar-refractivity contribution in [3.63, 3.8) is 0 Å². The molecule has 0 bridgehead atoms. The number of halogens is 1. The minimum Gasteiger partial charge on any atom is -0.464 e. The number of ether oxygens (including phenoxy) is 1. The number of hydrogen-bond acceptors (Lipinski definition) is 4. The Kier molecular flexibility index (Phi) is 7.48. The minimum atomic E-state index is -0.525. The average molecular weight is 410 g/mol. The van der Waals surface area contributed by atoms with Crippen LogP contribution in [0.1, 0.15) is 62.8 Å². The van der Waals surface area contributed by atoms with E-state index in [-0.39, 0.29) is 23.2 Å². The van der Waals surface area contributed by atoms with Crippen LogP contribution in [-0.4, -0.2) is 35.2 Å². The summed E-state index contributed by atoms with van der Waals surface area (Å²) >= 11 is 8.03. The van der Waals surface area contributed by atoms with Crippen LogP contribution < -0.4 is 0 Å². The molecule has 0 unspecified atom stereocenters. The van der Waals surface area contributed by atoms with Gasteiger partial charge >= 0.3 is 5.97 Å². The highest BCUT2D eigenvalue weighted by molar-refractivity contribution is 7.99. The normalized spacial score (nSPS) is 23.4. The van der Waals surface area contributed by atoms with Crippen molar-refractivity contribution in [2.24, 2.45) is 5.92 Å². The summed E-state index contributed by atoms with van der Waals surface area (Å²) in [6, 6.07) is 7.08. The average Bonchev–Trinajstić information content (AvgIpc) is 3.13. The van der Waals surface area contributed by atoms with Crippen LogP contribution in [0, 0.1) is 5.92 Å². The number of hydrogen-bond donors (Lipinski definition) is 0. The van der Waals surface area contributed by atoms with Gasteiger partial charge in [0.25, 0.3) is 0 Å². The van der Waals surface area contributed by atoms with Crippen molar-refractivity contribution in [2.45, 2.75) is 63.3 Å². The lowest BCUT2D eigenvalue weighted by molar-refractivity contribution is -0.156. The number of carbonyl (C=O) groups excluding carboxylic acids is 2. The topological polar surface area (TPSA) is 46.6 Å². The van der Waals surface area contributed by atoms with Gasteiger partial charge in [-0.25, -0.2) is 4.79 Å². The molecular weight excluding hydrogens is 382 g/mol. The molecule has 1 aromatic rings. The van der Waals surface area contributed by atoms with Gasteiger partial charge in [0.1, 0.15) is 11.4 Å². The van der Waals surface area contributed by atoms with Gasteiger partial charge in [-0.3, -0.25) is 4.79 Å². The van der Waals surface area contributed by atoms with E-state index >= 15 is 0 Å². The monoisotopic (exact) mass is 409 g/mol. The first-order valence-electron chi connectivity index (χ1n) is 9.98. The molecule has 2 aliphatic rings. The first-order chi connectivity index (χ1) is 13.1. The Bertz CT molecular complexity index is 663. The largest absolute Gasteiger partial charge is 0.464 e. The van der Waals surface area contributed by atoms with Gasteiger partial charge in [0.2, 0.25) is 5.91 Å². The van der Waals surface area contributed by atoms with Gasteiger partial charge < -0.3 is 9.64 Å². The summed E-state index contributed by atoms with van der Waals surface area (Å²) in [6.07, 6.45) is 6.99. The highest BCUT2D eigenvalue weighted by Crippen LogP contribution is 2.45. The fourth-order valence-electron chi connectivity index (χ4n) is 3.85. The number of amides is 1. The number of thioether (sulfide) groups is 1. The summed E-state index contributed by atoms with van der Waals surface area (Å²) in [5.41, 5.74) is 0.900. The fourth-order valence-corrected chi connectivity index (χ4v) is 5.61. The van der Waals surface area contributed by atoms with E-state index in [1.165, 1.54) is 6.42 Å². The molecule has 6 heteroatoms. The van der Waals surface area contributed by atoms with Gasteiger partial charge in [-0.15, -0.1) is 11.8 Å². The Morgan fingerprint density at radius 2 is 1.96 bits per heavy atom. The molecule has 1 saturated heterocycles. The van der Waals surface area contributed by atoms with Crippen LogP contribution in [0.3, 0.4) is 0 Å². The minimum absolute atomic E-state index is 0.00776. The fraction of sp³-hybridized carbons (Fsp3) is 0.619. The Balaban J connectivity index is 1.83. The van der Waals surface area contributed by atoms with Crippen molar-refractivity contribution in [1.82, 2.24) is 4.90 Å². The number of rotatable bonds is 6. The van der Waals surface area contributed by atoms with E-state index in [9.17, 15) is 9.59 Å². The van der Waals surface area contributed by atoms with E-state index < -0.39 is 6.04 Å². The predicted octanol–water partition coefficient (Wildman–Crippen LogP) is 5.21. The molecule has 27 heavy (non-hydrogen) atoms. The van der Waals surface area contributed by atoms with Gasteiger partial charge in [0, 0.05) is 22.3 Å². The predicted molar refractivity (Wildman–Crippen MR) is 110 cm³/mol. The molecule has 4 nitrogen and oxygen atoms in total. The maximum Gasteiger partial charge on any atom is 0.329 e. The zero-order valence-corrected chi connectivity index (χ0v) is 17.4. The molecule has 0 radical (unpaired) electrons. The lowest BCUT2D eigenvalue weighted by atomic mass is 9.88. The van der Waals surface area contributed by atoms with Crippen LogP contribution >= 0.6 is 23.4 Å². The van der Waals surface area contributed by atoms with E-state index in [0.29, 0.717) is 17.4 Å². The number of unbranched alkanes of at least 4 members (excludes halogenated alkanes) is 1. The number of nitrogens with zero attached hydrogens (tertiary/aromatic N) is 1. The van der Waals surface area contributed by atoms with Gasteiger partial charge in [-0.2, -0.15) is 0 Å². The second-order valence-electron chi connectivity index (χ2n) is 7.32. The van der Waals surface area contributed by atoms with Gasteiger partial charge in [-0.05, 0) is 25.3 Å². The van der Waals surface area contributed by atoms with Crippen molar-refractivity contribution in [1.29, 1.82) is 0 Å². The molecule has 1 saturated carbocycles. The van der Waals surface area contributed by atoms with Gasteiger partial charge in [-0.1, -0.05) is 62.4 Å². The highest BCUT2D eigenvalue weighted by Gasteiger charge is 2.45. The first-order valence-corrected chi connectivity index (χ1v) is 11.4. The standard InChI is InChI=1S/C21H28ClNO3S/c1-2-3-13-26-21(25)18-14-27-20(16-11-7-8-12-17(16)22)23(18)19(24)15-9-5-4-6-10-15/h7-8,11-12,15,18,20H,2-6,9-10,13-14H2,1H3/t18-,20+/m1/s1. The Labute approximate surface area is 171 Å². The summed E-state index contributed by atoms with van der Waals surface area (Å²) in [4.78, 5) is 27.9. The molecule has 1 aliphatic heterocycles. The lowest BCUT2D eigenvalue weighted by Crippen LogP contribution is -2.46. The second-order valence-corrected chi connectivity index (χ2v) is 8.84. The Morgan fingerprint density at radius 1 is 1.22 bits per heavy atom. The van der Waals surface area contributed by atoms with Crippen molar-refractivity contribution in [2.75, 3.05) is 12.4 Å². The molecule has 3 rings (SSSR count). The maximum absolute atomic E-state index is 13.4. The molecule has 2 fully saturated rings. The maximum atomic E-state index is 13.4. The van der Waals surface area contributed by atoms with Crippen LogP contribution in [0.2, 0.25) is 5.02 Å². The zero-order chi connectivity index (χ0) is 19.2. The van der Waals surface area contributed by atoms with Crippen LogP contribution in [0.5, 0.6) is 0 Å². The zero-order valence-electron chi connectivity index (χ0n) is 15.9. The Morgan fingerprint density at radius 3 is 2.67 bits per heavy atom.